The second kappa shape index (κ2) is 7.11. The van der Waals surface area contributed by atoms with Gasteiger partial charge in [0, 0.05) is 29.0 Å². The minimum Gasteiger partial charge on any atom is -0.306 e. The number of aromatic nitrogens is 3. The fourth-order valence-electron chi connectivity index (χ4n) is 2.37. The first-order valence-electron chi connectivity index (χ1n) is 7.77. The summed E-state index contributed by atoms with van der Waals surface area (Å²) in [5, 5.41) is 7.05. The second-order valence-electron chi connectivity index (χ2n) is 5.34. The number of hydrogen-bond acceptors (Lipinski definition) is 5. The Morgan fingerprint density at radius 3 is 2.64 bits per heavy atom. The lowest BCUT2D eigenvalue weighted by Gasteiger charge is -2.01. The quantitative estimate of drug-likeness (QED) is 0.430. The first-order valence-corrected chi connectivity index (χ1v) is 8.65. The maximum atomic E-state index is 4.54. The van der Waals surface area contributed by atoms with Crippen molar-refractivity contribution in [1.29, 1.82) is 0 Å². The lowest BCUT2D eigenvalue weighted by atomic mass is 10.2. The fourth-order valence-corrected chi connectivity index (χ4v) is 3.04. The Kier molecular flexibility index (Phi) is 4.35. The van der Waals surface area contributed by atoms with Crippen LogP contribution in [0, 0.1) is 0 Å². The SMILES string of the molecule is C(=NNc1nc(-c2ccccc2)cs1)c1ccc(-n2ccnc2)cc1. The Hall–Kier alpha value is -3.25. The van der Waals surface area contributed by atoms with Crippen LogP contribution in [-0.4, -0.2) is 20.7 Å². The standard InChI is InChI=1S/C19H15N5S/c1-2-4-16(5-3-1)18-13-25-19(22-18)23-21-12-15-6-8-17(9-7-15)24-11-10-20-14-24/h1-14H,(H,22,23). The van der Waals surface area contributed by atoms with Crippen LogP contribution in [0.4, 0.5) is 5.13 Å². The summed E-state index contributed by atoms with van der Waals surface area (Å²) in [6.45, 7) is 0. The summed E-state index contributed by atoms with van der Waals surface area (Å²) in [6, 6.07) is 18.2. The third kappa shape index (κ3) is 3.64. The smallest absolute Gasteiger partial charge is 0.203 e. The Morgan fingerprint density at radius 2 is 1.88 bits per heavy atom. The summed E-state index contributed by atoms with van der Waals surface area (Å²) < 4.78 is 1.96. The molecule has 0 aliphatic rings. The van der Waals surface area contributed by atoms with E-state index >= 15 is 0 Å². The van der Waals surface area contributed by atoms with E-state index in [9.17, 15) is 0 Å². The summed E-state index contributed by atoms with van der Waals surface area (Å²) in [5.41, 5.74) is 7.12. The van der Waals surface area contributed by atoms with E-state index in [-0.39, 0.29) is 0 Å². The fraction of sp³-hybridized carbons (Fsp3) is 0. The largest absolute Gasteiger partial charge is 0.306 e. The molecule has 0 unspecified atom stereocenters. The van der Waals surface area contributed by atoms with Gasteiger partial charge in [0.1, 0.15) is 0 Å². The molecule has 1 N–H and O–H groups in total. The van der Waals surface area contributed by atoms with Crippen LogP contribution in [-0.2, 0) is 0 Å². The zero-order chi connectivity index (χ0) is 16.9. The number of nitrogens with zero attached hydrogens (tertiary/aromatic N) is 4. The summed E-state index contributed by atoms with van der Waals surface area (Å²) in [5.74, 6) is 0. The van der Waals surface area contributed by atoms with Crippen molar-refractivity contribution in [3.05, 3.63) is 84.3 Å². The number of rotatable bonds is 5. The van der Waals surface area contributed by atoms with Crippen LogP contribution in [0.15, 0.2) is 83.8 Å². The molecule has 4 aromatic rings. The molecule has 0 saturated carbocycles. The summed E-state index contributed by atoms with van der Waals surface area (Å²) in [4.78, 5) is 8.59. The van der Waals surface area contributed by atoms with E-state index in [2.05, 4.69) is 20.5 Å². The highest BCUT2D eigenvalue weighted by Crippen LogP contribution is 2.24. The maximum Gasteiger partial charge on any atom is 0.203 e. The molecule has 4 rings (SSSR count). The minimum atomic E-state index is 0.769. The van der Waals surface area contributed by atoms with Gasteiger partial charge in [0.15, 0.2) is 0 Å². The highest BCUT2D eigenvalue weighted by Gasteiger charge is 2.02. The number of hydrogen-bond donors (Lipinski definition) is 1. The molecule has 2 aromatic carbocycles. The van der Waals surface area contributed by atoms with Crippen molar-refractivity contribution >= 4 is 22.7 Å². The maximum absolute atomic E-state index is 4.54. The van der Waals surface area contributed by atoms with Gasteiger partial charge in [-0.3, -0.25) is 5.43 Å². The lowest BCUT2D eigenvalue weighted by Crippen LogP contribution is -1.92. The summed E-state index contributed by atoms with van der Waals surface area (Å²) >= 11 is 1.53. The van der Waals surface area contributed by atoms with Crippen molar-refractivity contribution in [1.82, 2.24) is 14.5 Å². The highest BCUT2D eigenvalue weighted by atomic mass is 32.1. The van der Waals surface area contributed by atoms with Crippen LogP contribution >= 0.6 is 11.3 Å². The molecule has 0 amide bonds. The van der Waals surface area contributed by atoms with Crippen LogP contribution in [0.1, 0.15) is 5.56 Å². The molecule has 0 saturated heterocycles. The number of thiazole rings is 1. The van der Waals surface area contributed by atoms with E-state index in [4.69, 9.17) is 0 Å². The molecule has 0 spiro atoms. The van der Waals surface area contributed by atoms with E-state index in [0.29, 0.717) is 0 Å². The van der Waals surface area contributed by atoms with Crippen molar-refractivity contribution in [2.45, 2.75) is 0 Å². The molecule has 5 nitrogen and oxygen atoms in total. The Morgan fingerprint density at radius 1 is 1.04 bits per heavy atom. The third-order valence-corrected chi connectivity index (χ3v) is 4.39. The van der Waals surface area contributed by atoms with Crippen molar-refractivity contribution in [3.8, 4) is 16.9 Å². The van der Waals surface area contributed by atoms with Crippen LogP contribution in [0.5, 0.6) is 0 Å². The van der Waals surface area contributed by atoms with Crippen molar-refractivity contribution < 1.29 is 0 Å². The van der Waals surface area contributed by atoms with E-state index in [1.165, 1.54) is 11.3 Å². The van der Waals surface area contributed by atoms with Gasteiger partial charge in [-0.1, -0.05) is 42.5 Å². The van der Waals surface area contributed by atoms with Gasteiger partial charge in [0.25, 0.3) is 0 Å². The lowest BCUT2D eigenvalue weighted by molar-refractivity contribution is 1.06. The predicted molar refractivity (Wildman–Crippen MR) is 102 cm³/mol. The molecule has 25 heavy (non-hydrogen) atoms. The monoisotopic (exact) mass is 345 g/mol. The predicted octanol–water partition coefficient (Wildman–Crippen LogP) is 4.44. The number of nitrogens with one attached hydrogen (secondary N) is 1. The molecule has 0 aliphatic heterocycles. The van der Waals surface area contributed by atoms with Gasteiger partial charge in [-0.2, -0.15) is 5.10 Å². The van der Waals surface area contributed by atoms with Gasteiger partial charge >= 0.3 is 0 Å². The van der Waals surface area contributed by atoms with Gasteiger partial charge in [-0.25, -0.2) is 9.97 Å². The Labute approximate surface area is 149 Å². The van der Waals surface area contributed by atoms with Gasteiger partial charge in [-0.15, -0.1) is 11.3 Å². The number of anilines is 1. The molecule has 0 atom stereocenters. The molecular weight excluding hydrogens is 330 g/mol. The van der Waals surface area contributed by atoms with Gasteiger partial charge in [-0.05, 0) is 17.7 Å². The Bertz CT molecular complexity index is 957. The van der Waals surface area contributed by atoms with Gasteiger partial charge < -0.3 is 4.57 Å². The van der Waals surface area contributed by atoms with E-state index in [1.807, 2.05) is 70.7 Å². The zero-order valence-electron chi connectivity index (χ0n) is 13.3. The first kappa shape index (κ1) is 15.3. The average molecular weight is 345 g/mol. The van der Waals surface area contributed by atoms with Crippen LogP contribution in [0.3, 0.4) is 0 Å². The summed E-state index contributed by atoms with van der Waals surface area (Å²) in [6.07, 6.45) is 7.23. The highest BCUT2D eigenvalue weighted by molar-refractivity contribution is 7.14. The minimum absolute atomic E-state index is 0.769. The Balaban J connectivity index is 1.40. The van der Waals surface area contributed by atoms with Gasteiger partial charge in [0.2, 0.25) is 5.13 Å². The molecule has 0 aliphatic carbocycles. The van der Waals surface area contributed by atoms with E-state index in [0.717, 1.165) is 27.6 Å². The van der Waals surface area contributed by atoms with Crippen LogP contribution in [0.25, 0.3) is 16.9 Å². The average Bonchev–Trinajstić information content (AvgIpc) is 3.35. The third-order valence-electron chi connectivity index (χ3n) is 3.64. The number of benzene rings is 2. The molecule has 2 heterocycles. The zero-order valence-corrected chi connectivity index (χ0v) is 14.1. The molecule has 2 aromatic heterocycles. The van der Waals surface area contributed by atoms with Crippen molar-refractivity contribution in [3.63, 3.8) is 0 Å². The molecule has 0 fully saturated rings. The van der Waals surface area contributed by atoms with Gasteiger partial charge in [0.05, 0.1) is 18.2 Å². The molecule has 122 valence electrons. The summed E-state index contributed by atoms with van der Waals surface area (Å²) in [7, 11) is 0. The number of hydrazone groups is 1. The van der Waals surface area contributed by atoms with Crippen molar-refractivity contribution in [2.24, 2.45) is 5.10 Å². The normalized spacial score (nSPS) is 11.0. The molecule has 0 radical (unpaired) electrons. The van der Waals surface area contributed by atoms with Crippen LogP contribution < -0.4 is 5.43 Å². The first-order chi connectivity index (χ1) is 12.4. The van der Waals surface area contributed by atoms with Crippen LogP contribution in [0.2, 0.25) is 0 Å². The number of imidazole rings is 1. The van der Waals surface area contributed by atoms with E-state index < -0.39 is 0 Å². The second-order valence-corrected chi connectivity index (χ2v) is 6.19. The molecule has 0 bridgehead atoms. The van der Waals surface area contributed by atoms with E-state index in [1.54, 1.807) is 18.7 Å². The van der Waals surface area contributed by atoms with Crippen molar-refractivity contribution in [2.75, 3.05) is 5.43 Å². The molecular formula is C19H15N5S. The topological polar surface area (TPSA) is 55.1 Å². The molecule has 6 heteroatoms.